The summed E-state index contributed by atoms with van der Waals surface area (Å²) in [6.07, 6.45) is 8.51. The first-order valence-electron chi connectivity index (χ1n) is 17.8. The Kier molecular flexibility index (Phi) is 7.66. The van der Waals surface area contributed by atoms with Crippen molar-refractivity contribution in [2.75, 3.05) is 0 Å². The SMILES string of the molecule is Cc1cccc(-c2c(-c3cccc(C)c3)c3c(-c4cccc(C)c4)c4nc(cc5ccc(cc6nc(cc2n3-c2cccc(C)c2)C=C6)[nH]5)C=C4)c1. The first kappa shape index (κ1) is 31.5. The Morgan fingerprint density at radius 1 is 0.442 bits per heavy atom. The molecule has 2 aliphatic rings. The predicted molar refractivity (Wildman–Crippen MR) is 219 cm³/mol. The first-order valence-corrected chi connectivity index (χ1v) is 17.8. The van der Waals surface area contributed by atoms with Gasteiger partial charge in [0.05, 0.1) is 33.8 Å². The number of rotatable bonds is 4. The van der Waals surface area contributed by atoms with Crippen LogP contribution in [0.3, 0.4) is 0 Å². The van der Waals surface area contributed by atoms with Crippen LogP contribution in [-0.4, -0.2) is 19.5 Å². The Morgan fingerprint density at radius 2 is 0.942 bits per heavy atom. The third kappa shape index (κ3) is 5.78. The highest BCUT2D eigenvalue weighted by Crippen LogP contribution is 2.47. The van der Waals surface area contributed by atoms with Gasteiger partial charge < -0.3 is 9.55 Å². The van der Waals surface area contributed by atoms with Crippen LogP contribution in [0.1, 0.15) is 45.0 Å². The molecule has 0 saturated carbocycles. The molecule has 1 N–H and O–H groups in total. The summed E-state index contributed by atoms with van der Waals surface area (Å²) in [5, 5.41) is 0. The zero-order chi connectivity index (χ0) is 35.3. The van der Waals surface area contributed by atoms with E-state index in [4.69, 9.17) is 9.97 Å². The second kappa shape index (κ2) is 12.7. The van der Waals surface area contributed by atoms with Crippen molar-refractivity contribution in [2.24, 2.45) is 0 Å². The number of aromatic nitrogens is 4. The van der Waals surface area contributed by atoms with Gasteiger partial charge in [0.15, 0.2) is 0 Å². The molecule has 0 aliphatic carbocycles. The number of fused-ring (bicyclic) bond motifs is 8. The molecule has 0 radical (unpaired) electrons. The number of nitrogens with one attached hydrogen (secondary N) is 1. The van der Waals surface area contributed by atoms with E-state index in [1.807, 2.05) is 0 Å². The zero-order valence-corrected chi connectivity index (χ0v) is 29.8. The lowest BCUT2D eigenvalue weighted by molar-refractivity contribution is 1.16. The summed E-state index contributed by atoms with van der Waals surface area (Å²) in [5.41, 5.74) is 20.4. The molecule has 0 fully saturated rings. The summed E-state index contributed by atoms with van der Waals surface area (Å²) in [4.78, 5) is 14.1. The van der Waals surface area contributed by atoms with E-state index in [-0.39, 0.29) is 0 Å². The van der Waals surface area contributed by atoms with Gasteiger partial charge in [-0.25, -0.2) is 9.97 Å². The zero-order valence-electron chi connectivity index (χ0n) is 29.8. The van der Waals surface area contributed by atoms with E-state index < -0.39 is 0 Å². The van der Waals surface area contributed by atoms with Gasteiger partial charge in [0.2, 0.25) is 0 Å². The van der Waals surface area contributed by atoms with Gasteiger partial charge in [-0.05, 0) is 117 Å². The number of nitrogens with zero attached hydrogens (tertiary/aromatic N) is 3. The quantitative estimate of drug-likeness (QED) is 0.203. The monoisotopic (exact) mass is 670 g/mol. The molecule has 0 atom stereocenters. The minimum atomic E-state index is 0.894. The largest absolute Gasteiger partial charge is 0.355 e. The van der Waals surface area contributed by atoms with Gasteiger partial charge in [0.1, 0.15) is 0 Å². The van der Waals surface area contributed by atoms with Gasteiger partial charge in [-0.1, -0.05) is 102 Å². The maximum absolute atomic E-state index is 5.37. The van der Waals surface area contributed by atoms with Crippen LogP contribution < -0.4 is 0 Å². The molecular formula is C48H38N4. The van der Waals surface area contributed by atoms with Gasteiger partial charge in [0, 0.05) is 33.4 Å². The van der Waals surface area contributed by atoms with E-state index in [9.17, 15) is 0 Å². The van der Waals surface area contributed by atoms with Crippen LogP contribution in [0.5, 0.6) is 0 Å². The molecule has 2 aliphatic heterocycles. The molecule has 0 saturated heterocycles. The molecule has 0 spiro atoms. The van der Waals surface area contributed by atoms with E-state index in [1.165, 1.54) is 22.3 Å². The van der Waals surface area contributed by atoms with E-state index in [2.05, 4.69) is 189 Å². The molecule has 4 heteroatoms. The van der Waals surface area contributed by atoms with Crippen molar-refractivity contribution in [3.63, 3.8) is 0 Å². The molecule has 0 unspecified atom stereocenters. The maximum atomic E-state index is 5.37. The van der Waals surface area contributed by atoms with Crippen molar-refractivity contribution in [2.45, 2.75) is 27.7 Å². The van der Waals surface area contributed by atoms with Crippen LogP contribution in [0.15, 0.2) is 127 Å². The van der Waals surface area contributed by atoms with E-state index in [0.29, 0.717) is 0 Å². The van der Waals surface area contributed by atoms with Crippen LogP contribution in [0.2, 0.25) is 0 Å². The summed E-state index contributed by atoms with van der Waals surface area (Å²) in [6, 6.07) is 46.1. The molecule has 250 valence electrons. The fourth-order valence-corrected chi connectivity index (χ4v) is 7.59. The Balaban J connectivity index is 1.63. The standard InChI is InChI=1S/C48H38N4/c1-30-9-5-13-34(23-30)45-43-22-21-40(51-43)28-39-18-17-37(49-39)27-38-19-20-41(50-38)29-44-46(35-14-6-10-31(2)24-35)47(36-15-7-11-32(3)25-36)48(45)52(44)42-16-8-12-33(4)26-42/h5-29,49H,1-4H3. The molecule has 0 amide bonds. The van der Waals surface area contributed by atoms with Crippen molar-refractivity contribution >= 4 is 46.4 Å². The van der Waals surface area contributed by atoms with Crippen molar-refractivity contribution in [3.8, 4) is 39.1 Å². The summed E-state index contributed by atoms with van der Waals surface area (Å²) >= 11 is 0. The molecular weight excluding hydrogens is 633 g/mol. The molecule has 3 aromatic heterocycles. The van der Waals surface area contributed by atoms with Crippen LogP contribution in [0.25, 0.3) is 85.4 Å². The van der Waals surface area contributed by atoms with Gasteiger partial charge in [-0.15, -0.1) is 0 Å². The second-order valence-corrected chi connectivity index (χ2v) is 14.0. The normalized spacial score (nSPS) is 12.1. The third-order valence-corrected chi connectivity index (χ3v) is 9.85. The summed E-state index contributed by atoms with van der Waals surface area (Å²) in [7, 11) is 0. The third-order valence-electron chi connectivity index (χ3n) is 9.85. The fraction of sp³-hybridized carbons (Fsp3) is 0.0833. The van der Waals surface area contributed by atoms with Crippen LogP contribution in [0.4, 0.5) is 0 Å². The highest BCUT2D eigenvalue weighted by atomic mass is 15.0. The van der Waals surface area contributed by atoms with Gasteiger partial charge >= 0.3 is 0 Å². The second-order valence-electron chi connectivity index (χ2n) is 14.0. The van der Waals surface area contributed by atoms with Crippen molar-refractivity contribution in [3.05, 3.63) is 172 Å². The van der Waals surface area contributed by atoms with E-state index in [1.54, 1.807) is 0 Å². The van der Waals surface area contributed by atoms with Gasteiger partial charge in [-0.3, -0.25) is 0 Å². The van der Waals surface area contributed by atoms with Crippen LogP contribution in [0, 0.1) is 27.7 Å². The summed E-state index contributed by atoms with van der Waals surface area (Å²) in [6.45, 7) is 8.66. The number of benzene rings is 4. The fourth-order valence-electron chi connectivity index (χ4n) is 7.59. The number of hydrogen-bond acceptors (Lipinski definition) is 2. The van der Waals surface area contributed by atoms with Crippen molar-refractivity contribution in [1.82, 2.24) is 19.5 Å². The first-order chi connectivity index (χ1) is 25.4. The predicted octanol–water partition coefficient (Wildman–Crippen LogP) is 12.4. The van der Waals surface area contributed by atoms with Gasteiger partial charge in [0.25, 0.3) is 0 Å². The van der Waals surface area contributed by atoms with E-state index in [0.717, 1.165) is 83.9 Å². The number of H-pyrrole nitrogens is 1. The summed E-state index contributed by atoms with van der Waals surface area (Å²) in [5.74, 6) is 0. The maximum Gasteiger partial charge on any atom is 0.0737 e. The van der Waals surface area contributed by atoms with Crippen LogP contribution >= 0.6 is 0 Å². The van der Waals surface area contributed by atoms with Crippen molar-refractivity contribution < 1.29 is 0 Å². The molecule has 4 nitrogen and oxygen atoms in total. The lowest BCUT2D eigenvalue weighted by Crippen LogP contribution is -1.98. The topological polar surface area (TPSA) is 46.5 Å². The highest BCUT2D eigenvalue weighted by molar-refractivity contribution is 6.11. The molecule has 8 bridgehead atoms. The average Bonchev–Trinajstić information content (AvgIpc) is 3.93. The van der Waals surface area contributed by atoms with Crippen molar-refractivity contribution in [1.29, 1.82) is 0 Å². The Labute approximate surface area is 304 Å². The lowest BCUT2D eigenvalue weighted by Gasteiger charge is -2.14. The number of aromatic amines is 1. The Bertz CT molecular complexity index is 2790. The lowest BCUT2D eigenvalue weighted by atomic mass is 9.91. The molecule has 7 aromatic rings. The molecule has 5 heterocycles. The summed E-state index contributed by atoms with van der Waals surface area (Å²) < 4.78 is 2.46. The van der Waals surface area contributed by atoms with Gasteiger partial charge in [-0.2, -0.15) is 0 Å². The Morgan fingerprint density at radius 3 is 1.54 bits per heavy atom. The molecule has 4 aromatic carbocycles. The highest BCUT2D eigenvalue weighted by Gasteiger charge is 2.26. The average molecular weight is 671 g/mol. The Hall–Kier alpha value is -6.52. The van der Waals surface area contributed by atoms with Crippen LogP contribution in [-0.2, 0) is 0 Å². The van der Waals surface area contributed by atoms with E-state index >= 15 is 0 Å². The molecule has 52 heavy (non-hydrogen) atoms. The number of aryl methyl sites for hydroxylation is 4. The minimum Gasteiger partial charge on any atom is -0.355 e. The molecule has 9 rings (SSSR count). The number of hydrogen-bond donors (Lipinski definition) is 1. The smallest absolute Gasteiger partial charge is 0.0737 e. The minimum absolute atomic E-state index is 0.894.